The zero-order valence-electron chi connectivity index (χ0n) is 17.1. The second kappa shape index (κ2) is 8.97. The number of aromatic nitrogens is 4. The van der Waals surface area contributed by atoms with Gasteiger partial charge in [0, 0.05) is 19.2 Å². The Labute approximate surface area is 179 Å². The summed E-state index contributed by atoms with van der Waals surface area (Å²) in [5.41, 5.74) is 6.76. The molecular weight excluding hydrogens is 409 g/mol. The fourth-order valence-corrected chi connectivity index (χ4v) is 2.76. The van der Waals surface area contributed by atoms with E-state index in [1.165, 1.54) is 12.1 Å². The largest absolute Gasteiger partial charge is 0.382 e. The summed E-state index contributed by atoms with van der Waals surface area (Å²) in [5, 5.41) is 5.41. The Morgan fingerprint density at radius 3 is 2.70 bits per heavy atom. The monoisotopic (exact) mass is 431 g/mol. The number of hydrogen-bond acceptors (Lipinski definition) is 5. The lowest BCUT2D eigenvalue weighted by atomic mass is 10.1. The molecule has 3 rings (SSSR count). The minimum absolute atomic E-state index is 0. The number of halogens is 2. The van der Waals surface area contributed by atoms with Gasteiger partial charge < -0.3 is 20.9 Å². The van der Waals surface area contributed by atoms with E-state index in [9.17, 15) is 9.18 Å². The van der Waals surface area contributed by atoms with Crippen LogP contribution < -0.4 is 16.4 Å². The third kappa shape index (κ3) is 4.96. The zero-order valence-corrected chi connectivity index (χ0v) is 17.9. The maximum atomic E-state index is 13.6. The van der Waals surface area contributed by atoms with Crippen molar-refractivity contribution in [2.45, 2.75) is 26.3 Å². The van der Waals surface area contributed by atoms with Crippen molar-refractivity contribution in [3.8, 4) is 23.2 Å². The van der Waals surface area contributed by atoms with E-state index in [1.807, 2.05) is 6.92 Å². The van der Waals surface area contributed by atoms with Crippen LogP contribution in [0.2, 0.25) is 0 Å². The first-order chi connectivity index (χ1) is 13.7. The van der Waals surface area contributed by atoms with Crippen molar-refractivity contribution >= 4 is 35.4 Å². The number of rotatable bonds is 3. The van der Waals surface area contributed by atoms with Crippen LogP contribution in [0.5, 0.6) is 0 Å². The second-order valence-corrected chi connectivity index (χ2v) is 6.97. The fraction of sp³-hybridized carbons (Fsp3) is 0.300. The molecule has 0 radical (unpaired) electrons. The number of hydrogen-bond donors (Lipinski definition) is 3. The summed E-state index contributed by atoms with van der Waals surface area (Å²) >= 11 is 0. The number of imidazole rings is 1. The number of carbonyl (C=O) groups is 1. The Bertz CT molecular complexity index is 1150. The number of fused-ring (bicyclic) bond motifs is 1. The minimum atomic E-state index is -0.800. The fourth-order valence-electron chi connectivity index (χ4n) is 2.76. The van der Waals surface area contributed by atoms with Crippen molar-refractivity contribution in [1.82, 2.24) is 30.2 Å². The van der Waals surface area contributed by atoms with Gasteiger partial charge in [0.2, 0.25) is 5.82 Å². The first-order valence-electron chi connectivity index (χ1n) is 9.05. The molecule has 0 spiro atoms. The quantitative estimate of drug-likeness (QED) is 0.552. The molecule has 10 heteroatoms. The van der Waals surface area contributed by atoms with Gasteiger partial charge in [-0.3, -0.25) is 0 Å². The summed E-state index contributed by atoms with van der Waals surface area (Å²) in [6, 6.07) is 5.81. The van der Waals surface area contributed by atoms with Gasteiger partial charge in [0.1, 0.15) is 11.6 Å². The molecule has 0 saturated carbocycles. The number of nitrogens with one attached hydrogen (secondary N) is 2. The number of urea groups is 1. The number of benzene rings is 1. The minimum Gasteiger partial charge on any atom is -0.382 e. The van der Waals surface area contributed by atoms with Gasteiger partial charge in [-0.05, 0) is 38.8 Å². The predicted molar refractivity (Wildman–Crippen MR) is 117 cm³/mol. The number of carbonyl (C=O) groups excluding carboxylic acids is 1. The highest BCUT2D eigenvalue weighted by Gasteiger charge is 2.18. The molecule has 4 N–H and O–H groups in total. The Hall–Kier alpha value is -3.38. The summed E-state index contributed by atoms with van der Waals surface area (Å²) in [4.78, 5) is 24.8. The summed E-state index contributed by atoms with van der Waals surface area (Å²) in [5.74, 6) is 6.33. The number of amides is 2. The molecule has 0 bridgehead atoms. The van der Waals surface area contributed by atoms with E-state index in [0.717, 1.165) is 0 Å². The molecule has 0 aliphatic carbocycles. The standard InChI is InChI=1S/C20H22FN7O.ClH/c1-5-23-19(29)27-20(2,3)10-9-14-24-16(22)15-18(25-14)28(4)17(26-15)12-7-6-8-13(21)11-12;/h6-8,11H,5H2,1-4H3,(H2,22,24,25)(H2,23,27,29);1H. The second-order valence-electron chi connectivity index (χ2n) is 6.97. The van der Waals surface area contributed by atoms with Gasteiger partial charge in [-0.2, -0.15) is 0 Å². The van der Waals surface area contributed by atoms with Gasteiger partial charge in [-0.1, -0.05) is 18.1 Å². The predicted octanol–water partition coefficient (Wildman–Crippen LogP) is 2.62. The molecule has 0 fully saturated rings. The SMILES string of the molecule is CCNC(=O)NC(C)(C)C#Cc1nc(N)c2nc(-c3cccc(F)c3)n(C)c2n1.Cl. The number of aryl methyl sites for hydroxylation is 1. The molecule has 0 aliphatic heterocycles. The van der Waals surface area contributed by atoms with Gasteiger partial charge in [0.15, 0.2) is 17.0 Å². The van der Waals surface area contributed by atoms with E-state index in [-0.39, 0.29) is 35.9 Å². The van der Waals surface area contributed by atoms with Crippen LogP contribution in [0.3, 0.4) is 0 Å². The van der Waals surface area contributed by atoms with Crippen molar-refractivity contribution in [3.63, 3.8) is 0 Å². The van der Waals surface area contributed by atoms with Crippen LogP contribution in [0, 0.1) is 17.7 Å². The summed E-state index contributed by atoms with van der Waals surface area (Å²) < 4.78 is 15.3. The average Bonchev–Trinajstić information content (AvgIpc) is 2.97. The highest BCUT2D eigenvalue weighted by atomic mass is 35.5. The molecule has 8 nitrogen and oxygen atoms in total. The van der Waals surface area contributed by atoms with E-state index in [0.29, 0.717) is 29.1 Å². The molecule has 2 heterocycles. The lowest BCUT2D eigenvalue weighted by molar-refractivity contribution is 0.236. The van der Waals surface area contributed by atoms with E-state index < -0.39 is 5.54 Å². The van der Waals surface area contributed by atoms with Crippen molar-refractivity contribution < 1.29 is 9.18 Å². The summed E-state index contributed by atoms with van der Waals surface area (Å²) in [7, 11) is 1.76. The number of anilines is 1. The number of nitrogens with zero attached hydrogens (tertiary/aromatic N) is 4. The van der Waals surface area contributed by atoms with E-state index in [4.69, 9.17) is 5.73 Å². The first kappa shape index (κ1) is 22.9. The summed E-state index contributed by atoms with van der Waals surface area (Å²) in [6.45, 7) is 5.88. The lowest BCUT2D eigenvalue weighted by Gasteiger charge is -2.19. The highest BCUT2D eigenvalue weighted by Crippen LogP contribution is 2.25. The van der Waals surface area contributed by atoms with Gasteiger partial charge >= 0.3 is 6.03 Å². The third-order valence-corrected chi connectivity index (χ3v) is 4.08. The summed E-state index contributed by atoms with van der Waals surface area (Å²) in [6.07, 6.45) is 0. The Morgan fingerprint density at radius 2 is 2.03 bits per heavy atom. The highest BCUT2D eigenvalue weighted by molar-refractivity contribution is 5.86. The zero-order chi connectivity index (χ0) is 21.2. The topological polar surface area (TPSA) is 111 Å². The van der Waals surface area contributed by atoms with Crippen LogP contribution in [0.4, 0.5) is 15.0 Å². The van der Waals surface area contributed by atoms with E-state index in [2.05, 4.69) is 37.4 Å². The Morgan fingerprint density at radius 1 is 1.30 bits per heavy atom. The van der Waals surface area contributed by atoms with Crippen LogP contribution in [-0.4, -0.2) is 37.6 Å². The lowest BCUT2D eigenvalue weighted by Crippen LogP contribution is -2.47. The molecule has 1 aromatic carbocycles. The van der Waals surface area contributed by atoms with Gasteiger partial charge in [-0.15, -0.1) is 12.4 Å². The first-order valence-corrected chi connectivity index (χ1v) is 9.05. The van der Waals surface area contributed by atoms with E-state index in [1.54, 1.807) is 37.6 Å². The van der Waals surface area contributed by atoms with Crippen molar-refractivity contribution in [2.24, 2.45) is 7.05 Å². The maximum absolute atomic E-state index is 13.6. The molecule has 30 heavy (non-hydrogen) atoms. The third-order valence-electron chi connectivity index (χ3n) is 4.08. The Balaban J connectivity index is 0.00000320. The molecule has 2 aromatic heterocycles. The van der Waals surface area contributed by atoms with E-state index >= 15 is 0 Å². The van der Waals surface area contributed by atoms with Gasteiger partial charge in [0.05, 0.1) is 5.54 Å². The van der Waals surface area contributed by atoms with Gasteiger partial charge in [-0.25, -0.2) is 24.1 Å². The smallest absolute Gasteiger partial charge is 0.315 e. The van der Waals surface area contributed by atoms with Crippen LogP contribution in [-0.2, 0) is 7.05 Å². The maximum Gasteiger partial charge on any atom is 0.315 e. The molecule has 3 aromatic rings. The van der Waals surface area contributed by atoms with Crippen LogP contribution in [0.1, 0.15) is 26.6 Å². The molecule has 2 amide bonds. The van der Waals surface area contributed by atoms with Crippen molar-refractivity contribution in [1.29, 1.82) is 0 Å². The van der Waals surface area contributed by atoms with Crippen molar-refractivity contribution in [3.05, 3.63) is 35.9 Å². The van der Waals surface area contributed by atoms with Crippen LogP contribution in [0.15, 0.2) is 24.3 Å². The molecular formula is C20H23ClFN7O. The average molecular weight is 432 g/mol. The number of nitrogens with two attached hydrogens (primary N) is 1. The van der Waals surface area contributed by atoms with Crippen LogP contribution in [0.25, 0.3) is 22.6 Å². The van der Waals surface area contributed by atoms with Crippen molar-refractivity contribution in [2.75, 3.05) is 12.3 Å². The molecule has 0 unspecified atom stereocenters. The Kier molecular flexibility index (Phi) is 6.84. The molecule has 0 aliphatic rings. The number of nitrogen functional groups attached to an aromatic ring is 1. The molecule has 0 saturated heterocycles. The normalized spacial score (nSPS) is 10.7. The van der Waals surface area contributed by atoms with Crippen LogP contribution >= 0.6 is 12.4 Å². The molecule has 158 valence electrons. The molecule has 0 atom stereocenters. The van der Waals surface area contributed by atoms with Gasteiger partial charge in [0.25, 0.3) is 0 Å².